The largest absolute Gasteiger partial charge is 0.396 e. The fourth-order valence-corrected chi connectivity index (χ4v) is 2.24. The first kappa shape index (κ1) is 16.1. The number of carbonyl (C=O) groups is 1. The summed E-state index contributed by atoms with van der Waals surface area (Å²) >= 11 is 0. The van der Waals surface area contributed by atoms with Crippen LogP contribution in [0.4, 0.5) is 0 Å². The Balaban J connectivity index is 2.16. The Kier molecular flexibility index (Phi) is 6.06. The summed E-state index contributed by atoms with van der Waals surface area (Å²) in [5.74, 6) is -0.185. The SMILES string of the molecule is O=C(/C=C/c1cccc2cccnc12)N(CCO)CCCO. The van der Waals surface area contributed by atoms with Gasteiger partial charge in [-0.05, 0) is 18.6 Å². The Morgan fingerprint density at radius 3 is 2.73 bits per heavy atom. The van der Waals surface area contributed by atoms with Crippen LogP contribution in [0.3, 0.4) is 0 Å². The summed E-state index contributed by atoms with van der Waals surface area (Å²) in [5.41, 5.74) is 1.72. The van der Waals surface area contributed by atoms with Crippen molar-refractivity contribution in [1.82, 2.24) is 9.88 Å². The number of aliphatic hydroxyl groups excluding tert-OH is 2. The molecule has 116 valence electrons. The normalized spacial score (nSPS) is 11.2. The van der Waals surface area contributed by atoms with Gasteiger partial charge in [0, 0.05) is 42.9 Å². The lowest BCUT2D eigenvalue weighted by molar-refractivity contribution is -0.126. The van der Waals surface area contributed by atoms with Gasteiger partial charge in [0.15, 0.2) is 0 Å². The number of pyridine rings is 1. The molecular weight excluding hydrogens is 280 g/mol. The lowest BCUT2D eigenvalue weighted by Gasteiger charge is -2.19. The number of nitrogens with zero attached hydrogens (tertiary/aromatic N) is 2. The molecule has 0 fully saturated rings. The van der Waals surface area contributed by atoms with Gasteiger partial charge in [0.25, 0.3) is 0 Å². The maximum atomic E-state index is 12.2. The zero-order valence-electron chi connectivity index (χ0n) is 12.4. The van der Waals surface area contributed by atoms with Gasteiger partial charge < -0.3 is 15.1 Å². The summed E-state index contributed by atoms with van der Waals surface area (Å²) in [6, 6.07) is 9.65. The molecular formula is C17H20N2O3. The minimum Gasteiger partial charge on any atom is -0.396 e. The minimum absolute atomic E-state index is 0.0200. The first-order valence-electron chi connectivity index (χ1n) is 7.28. The number of amides is 1. The van der Waals surface area contributed by atoms with E-state index in [0.29, 0.717) is 13.0 Å². The van der Waals surface area contributed by atoms with Gasteiger partial charge in [-0.1, -0.05) is 24.3 Å². The molecule has 0 radical (unpaired) electrons. The van der Waals surface area contributed by atoms with Crippen molar-refractivity contribution in [2.45, 2.75) is 6.42 Å². The maximum absolute atomic E-state index is 12.2. The summed E-state index contributed by atoms with van der Waals surface area (Å²) in [6.45, 7) is 0.609. The van der Waals surface area contributed by atoms with E-state index in [-0.39, 0.29) is 25.7 Å². The molecule has 1 aromatic heterocycles. The van der Waals surface area contributed by atoms with Gasteiger partial charge in [-0.15, -0.1) is 0 Å². The van der Waals surface area contributed by atoms with Crippen LogP contribution in [0, 0.1) is 0 Å². The summed E-state index contributed by atoms with van der Waals surface area (Å²) in [7, 11) is 0. The van der Waals surface area contributed by atoms with Crippen molar-refractivity contribution in [3.63, 3.8) is 0 Å². The molecule has 2 rings (SSSR count). The zero-order valence-corrected chi connectivity index (χ0v) is 12.4. The number of hydrogen-bond acceptors (Lipinski definition) is 4. The van der Waals surface area contributed by atoms with E-state index in [9.17, 15) is 4.79 Å². The second kappa shape index (κ2) is 8.26. The number of benzene rings is 1. The third-order valence-corrected chi connectivity index (χ3v) is 3.34. The monoisotopic (exact) mass is 300 g/mol. The zero-order chi connectivity index (χ0) is 15.8. The average Bonchev–Trinajstić information content (AvgIpc) is 2.56. The predicted octanol–water partition coefficient (Wildman–Crippen LogP) is 1.45. The van der Waals surface area contributed by atoms with Crippen molar-refractivity contribution >= 4 is 22.9 Å². The quantitative estimate of drug-likeness (QED) is 0.759. The van der Waals surface area contributed by atoms with Crippen LogP contribution < -0.4 is 0 Å². The van der Waals surface area contributed by atoms with Crippen LogP contribution in [-0.4, -0.2) is 52.3 Å². The Labute approximate surface area is 129 Å². The van der Waals surface area contributed by atoms with Crippen molar-refractivity contribution in [2.24, 2.45) is 0 Å². The number of carbonyl (C=O) groups excluding carboxylic acids is 1. The molecule has 0 atom stereocenters. The van der Waals surface area contributed by atoms with Gasteiger partial charge in [-0.3, -0.25) is 9.78 Å². The van der Waals surface area contributed by atoms with Crippen molar-refractivity contribution in [2.75, 3.05) is 26.3 Å². The van der Waals surface area contributed by atoms with Crippen molar-refractivity contribution in [3.8, 4) is 0 Å². The van der Waals surface area contributed by atoms with E-state index in [4.69, 9.17) is 10.2 Å². The predicted molar refractivity (Wildman–Crippen MR) is 86.1 cm³/mol. The van der Waals surface area contributed by atoms with Crippen molar-refractivity contribution in [3.05, 3.63) is 48.2 Å². The van der Waals surface area contributed by atoms with Gasteiger partial charge >= 0.3 is 0 Å². The molecule has 1 aromatic carbocycles. The smallest absolute Gasteiger partial charge is 0.246 e. The number of fused-ring (bicyclic) bond motifs is 1. The van der Waals surface area contributed by atoms with Gasteiger partial charge in [0.2, 0.25) is 5.91 Å². The second-order valence-electron chi connectivity index (χ2n) is 4.88. The molecule has 0 bridgehead atoms. The minimum atomic E-state index is -0.185. The van der Waals surface area contributed by atoms with Gasteiger partial charge in [-0.2, -0.15) is 0 Å². The van der Waals surface area contributed by atoms with Crippen LogP contribution in [0.2, 0.25) is 0 Å². The molecule has 0 aliphatic heterocycles. The summed E-state index contributed by atoms with van der Waals surface area (Å²) in [6.07, 6.45) is 5.44. The van der Waals surface area contributed by atoms with E-state index in [2.05, 4.69) is 4.98 Å². The van der Waals surface area contributed by atoms with Crippen LogP contribution in [0.25, 0.3) is 17.0 Å². The first-order chi connectivity index (χ1) is 10.8. The second-order valence-corrected chi connectivity index (χ2v) is 4.88. The van der Waals surface area contributed by atoms with Crippen LogP contribution in [-0.2, 0) is 4.79 Å². The molecule has 1 amide bonds. The van der Waals surface area contributed by atoms with E-state index >= 15 is 0 Å². The van der Waals surface area contributed by atoms with Crippen LogP contribution >= 0.6 is 0 Å². The Bertz CT molecular complexity index is 650. The fraction of sp³-hybridized carbons (Fsp3) is 0.294. The fourth-order valence-electron chi connectivity index (χ4n) is 2.24. The number of aromatic nitrogens is 1. The lowest BCUT2D eigenvalue weighted by atomic mass is 10.1. The van der Waals surface area contributed by atoms with Crippen molar-refractivity contribution < 1.29 is 15.0 Å². The van der Waals surface area contributed by atoms with Crippen LogP contribution in [0.15, 0.2) is 42.6 Å². The molecule has 5 nitrogen and oxygen atoms in total. The van der Waals surface area contributed by atoms with Gasteiger partial charge in [0.05, 0.1) is 12.1 Å². The van der Waals surface area contributed by atoms with E-state index in [1.165, 1.54) is 11.0 Å². The van der Waals surface area contributed by atoms with Gasteiger partial charge in [-0.25, -0.2) is 0 Å². The molecule has 5 heteroatoms. The molecule has 0 saturated heterocycles. The highest BCUT2D eigenvalue weighted by Gasteiger charge is 2.09. The molecule has 0 unspecified atom stereocenters. The third-order valence-electron chi connectivity index (χ3n) is 3.34. The highest BCUT2D eigenvalue weighted by Crippen LogP contribution is 2.17. The Morgan fingerprint density at radius 2 is 1.95 bits per heavy atom. The van der Waals surface area contributed by atoms with E-state index < -0.39 is 0 Å². The average molecular weight is 300 g/mol. The molecule has 0 spiro atoms. The molecule has 0 aliphatic carbocycles. The van der Waals surface area contributed by atoms with Crippen LogP contribution in [0.1, 0.15) is 12.0 Å². The standard InChI is InChI=1S/C17H20N2O3/c20-12-3-10-19(11-13-21)16(22)8-7-15-5-1-4-14-6-2-9-18-17(14)15/h1-2,4-9,20-21H,3,10-13H2/b8-7+. The van der Waals surface area contributed by atoms with Crippen LogP contribution in [0.5, 0.6) is 0 Å². The van der Waals surface area contributed by atoms with Gasteiger partial charge in [0.1, 0.15) is 0 Å². The molecule has 2 aromatic rings. The summed E-state index contributed by atoms with van der Waals surface area (Å²) in [5, 5.41) is 18.9. The highest BCUT2D eigenvalue weighted by atomic mass is 16.3. The topological polar surface area (TPSA) is 73.7 Å². The first-order valence-corrected chi connectivity index (χ1v) is 7.28. The number of aliphatic hydroxyl groups is 2. The molecule has 2 N–H and O–H groups in total. The number of rotatable bonds is 7. The Hall–Kier alpha value is -2.24. The number of hydrogen-bond donors (Lipinski definition) is 2. The van der Waals surface area contributed by atoms with E-state index in [1.54, 1.807) is 12.3 Å². The maximum Gasteiger partial charge on any atom is 0.246 e. The van der Waals surface area contributed by atoms with Crippen molar-refractivity contribution in [1.29, 1.82) is 0 Å². The summed E-state index contributed by atoms with van der Waals surface area (Å²) in [4.78, 5) is 18.0. The van der Waals surface area contributed by atoms with E-state index in [1.807, 2.05) is 30.3 Å². The molecule has 1 heterocycles. The Morgan fingerprint density at radius 1 is 1.14 bits per heavy atom. The molecule has 0 aliphatic rings. The summed E-state index contributed by atoms with van der Waals surface area (Å²) < 4.78 is 0. The number of para-hydroxylation sites is 1. The third kappa shape index (κ3) is 4.13. The highest BCUT2D eigenvalue weighted by molar-refractivity contribution is 5.95. The lowest BCUT2D eigenvalue weighted by Crippen LogP contribution is -2.33. The molecule has 22 heavy (non-hydrogen) atoms. The molecule has 0 saturated carbocycles. The van der Waals surface area contributed by atoms with E-state index in [0.717, 1.165) is 16.5 Å².